The van der Waals surface area contributed by atoms with Gasteiger partial charge in [0.15, 0.2) is 5.69 Å². The summed E-state index contributed by atoms with van der Waals surface area (Å²) in [5, 5.41) is 0. The first-order chi connectivity index (χ1) is 6.79. The molecule has 0 saturated heterocycles. The minimum Gasteiger partial charge on any atom is -0.455 e. The van der Waals surface area contributed by atoms with Crippen LogP contribution in [0, 0.1) is 0 Å². The van der Waals surface area contributed by atoms with Gasteiger partial charge in [0.25, 0.3) is 0 Å². The third-order valence-electron chi connectivity index (χ3n) is 1.45. The minimum absolute atomic E-state index is 0.235. The van der Waals surface area contributed by atoms with Crippen LogP contribution in [-0.2, 0) is 4.74 Å². The van der Waals surface area contributed by atoms with Crippen molar-refractivity contribution in [3.8, 4) is 0 Å². The molecule has 5 heteroatoms. The largest absolute Gasteiger partial charge is 0.455 e. The van der Waals surface area contributed by atoms with E-state index in [2.05, 4.69) is 20.9 Å². The van der Waals surface area contributed by atoms with Gasteiger partial charge in [-0.25, -0.2) is 9.78 Å². The number of hydrogen-bond acceptors (Lipinski definition) is 4. The first-order valence-corrected chi connectivity index (χ1v) is 5.23. The third kappa shape index (κ3) is 3.51. The topological polar surface area (TPSA) is 65.2 Å². The lowest BCUT2D eigenvalue weighted by Crippen LogP contribution is -2.24. The van der Waals surface area contributed by atoms with Crippen LogP contribution in [0.1, 0.15) is 31.3 Å². The highest BCUT2D eigenvalue weighted by Gasteiger charge is 2.20. The Hall–Kier alpha value is -1.10. The molecule has 4 nitrogen and oxygen atoms in total. The molecule has 0 atom stereocenters. The molecule has 0 aliphatic heterocycles. The molecule has 1 aromatic heterocycles. The van der Waals surface area contributed by atoms with Crippen molar-refractivity contribution < 1.29 is 9.53 Å². The number of nitrogens with two attached hydrogens (primary N) is 1. The van der Waals surface area contributed by atoms with Gasteiger partial charge in [-0.2, -0.15) is 0 Å². The zero-order valence-corrected chi connectivity index (χ0v) is 10.5. The van der Waals surface area contributed by atoms with Gasteiger partial charge in [0, 0.05) is 0 Å². The molecule has 0 aromatic carbocycles. The Morgan fingerprint density at radius 1 is 1.53 bits per heavy atom. The highest BCUT2D eigenvalue weighted by molar-refractivity contribution is 9.10. The fraction of sp³-hybridized carbons (Fsp3) is 0.400. The number of pyridine rings is 1. The predicted octanol–water partition coefficient (Wildman–Crippen LogP) is 2.38. The van der Waals surface area contributed by atoms with E-state index in [0.717, 1.165) is 0 Å². The van der Waals surface area contributed by atoms with Crippen molar-refractivity contribution in [1.82, 2.24) is 4.98 Å². The van der Waals surface area contributed by atoms with E-state index >= 15 is 0 Å². The molecule has 1 aromatic rings. The van der Waals surface area contributed by atoms with Gasteiger partial charge in [-0.15, -0.1) is 0 Å². The first-order valence-electron chi connectivity index (χ1n) is 4.44. The number of hydrogen-bond donors (Lipinski definition) is 1. The van der Waals surface area contributed by atoms with Crippen LogP contribution in [0.25, 0.3) is 0 Å². The molecule has 15 heavy (non-hydrogen) atoms. The van der Waals surface area contributed by atoms with E-state index in [4.69, 9.17) is 10.5 Å². The van der Waals surface area contributed by atoms with Crippen molar-refractivity contribution in [2.24, 2.45) is 0 Å². The summed E-state index contributed by atoms with van der Waals surface area (Å²) in [5.41, 5.74) is 5.71. The maximum Gasteiger partial charge on any atom is 0.358 e. The Labute approximate surface area is 97.0 Å². The number of halogens is 1. The van der Waals surface area contributed by atoms with Gasteiger partial charge in [-0.3, -0.25) is 0 Å². The number of carbonyl (C=O) groups excluding carboxylic acids is 1. The van der Waals surface area contributed by atoms with Crippen LogP contribution in [0.5, 0.6) is 0 Å². The van der Waals surface area contributed by atoms with Crippen LogP contribution in [0.2, 0.25) is 0 Å². The third-order valence-corrected chi connectivity index (χ3v) is 2.06. The molecular weight excluding hydrogens is 260 g/mol. The number of ether oxygens (including phenoxy) is 1. The van der Waals surface area contributed by atoms with Gasteiger partial charge in [-0.1, -0.05) is 0 Å². The van der Waals surface area contributed by atoms with Crippen LogP contribution in [0.4, 0.5) is 5.69 Å². The zero-order chi connectivity index (χ0) is 11.6. The Bertz CT molecular complexity index is 385. The molecule has 2 N–H and O–H groups in total. The fourth-order valence-corrected chi connectivity index (χ4v) is 1.46. The van der Waals surface area contributed by atoms with Crippen LogP contribution >= 0.6 is 15.9 Å². The molecule has 0 bridgehead atoms. The number of aromatic nitrogens is 1. The lowest BCUT2D eigenvalue weighted by atomic mass is 10.2. The number of nitrogen functional groups attached to an aromatic ring is 1. The van der Waals surface area contributed by atoms with E-state index in [1.165, 1.54) is 6.20 Å². The number of rotatable bonds is 1. The average Bonchev–Trinajstić information content (AvgIpc) is 1.99. The van der Waals surface area contributed by atoms with Crippen molar-refractivity contribution in [3.05, 3.63) is 22.4 Å². The summed E-state index contributed by atoms with van der Waals surface area (Å²) in [7, 11) is 0. The summed E-state index contributed by atoms with van der Waals surface area (Å²) in [5.74, 6) is -0.464. The van der Waals surface area contributed by atoms with Crippen molar-refractivity contribution >= 4 is 27.6 Å². The second kappa shape index (κ2) is 4.18. The second-order valence-corrected chi connectivity index (χ2v) is 4.96. The van der Waals surface area contributed by atoms with Gasteiger partial charge in [0.05, 0.1) is 16.4 Å². The van der Waals surface area contributed by atoms with E-state index in [1.54, 1.807) is 26.8 Å². The molecule has 0 fully saturated rings. The number of carbonyl (C=O) groups is 1. The monoisotopic (exact) mass is 272 g/mol. The van der Waals surface area contributed by atoms with Gasteiger partial charge < -0.3 is 10.5 Å². The van der Waals surface area contributed by atoms with Crippen LogP contribution in [0.3, 0.4) is 0 Å². The van der Waals surface area contributed by atoms with Gasteiger partial charge >= 0.3 is 5.97 Å². The molecule has 1 rings (SSSR count). The summed E-state index contributed by atoms with van der Waals surface area (Å²) in [6.07, 6.45) is 1.42. The number of anilines is 1. The van der Waals surface area contributed by atoms with E-state index in [9.17, 15) is 4.79 Å². The Morgan fingerprint density at radius 3 is 2.60 bits per heavy atom. The molecule has 0 amide bonds. The lowest BCUT2D eigenvalue weighted by molar-refractivity contribution is 0.00618. The van der Waals surface area contributed by atoms with Crippen LogP contribution in [-0.4, -0.2) is 16.6 Å². The smallest absolute Gasteiger partial charge is 0.358 e. The summed E-state index contributed by atoms with van der Waals surface area (Å²) in [6.45, 7) is 5.41. The highest BCUT2D eigenvalue weighted by Crippen LogP contribution is 2.20. The molecule has 0 radical (unpaired) electrons. The molecule has 82 valence electrons. The van der Waals surface area contributed by atoms with Crippen molar-refractivity contribution in [2.45, 2.75) is 26.4 Å². The zero-order valence-electron chi connectivity index (χ0n) is 8.87. The number of esters is 1. The molecule has 0 spiro atoms. The van der Waals surface area contributed by atoms with E-state index in [-0.39, 0.29) is 5.69 Å². The normalized spacial score (nSPS) is 11.2. The van der Waals surface area contributed by atoms with Crippen LogP contribution < -0.4 is 5.73 Å². The van der Waals surface area contributed by atoms with Crippen LogP contribution in [0.15, 0.2) is 16.7 Å². The minimum atomic E-state index is -0.528. The first kappa shape index (κ1) is 12.0. The number of nitrogens with zero attached hydrogens (tertiary/aromatic N) is 1. The molecule has 0 aliphatic carbocycles. The molecular formula is C10H13BrN2O2. The Balaban J connectivity index is 2.92. The molecule has 1 heterocycles. The Morgan fingerprint density at radius 2 is 2.13 bits per heavy atom. The summed E-state index contributed by atoms with van der Waals surface area (Å²) >= 11 is 3.21. The standard InChI is InChI=1S/C10H13BrN2O2/c1-10(2,3)15-9(14)8-7(11)4-6(12)5-13-8/h4-5H,12H2,1-3H3. The predicted molar refractivity (Wildman–Crippen MR) is 61.5 cm³/mol. The summed E-state index contributed by atoms with van der Waals surface area (Å²) < 4.78 is 5.71. The van der Waals surface area contributed by atoms with E-state index in [1.807, 2.05) is 0 Å². The average molecular weight is 273 g/mol. The maximum absolute atomic E-state index is 11.6. The molecule has 0 aliphatic rings. The summed E-state index contributed by atoms with van der Waals surface area (Å²) in [4.78, 5) is 15.6. The van der Waals surface area contributed by atoms with Crippen molar-refractivity contribution in [3.63, 3.8) is 0 Å². The quantitative estimate of drug-likeness (QED) is 0.798. The summed E-state index contributed by atoms with van der Waals surface area (Å²) in [6, 6.07) is 1.62. The highest BCUT2D eigenvalue weighted by atomic mass is 79.9. The van der Waals surface area contributed by atoms with Crippen molar-refractivity contribution in [1.29, 1.82) is 0 Å². The molecule has 0 unspecified atom stereocenters. The van der Waals surface area contributed by atoms with Gasteiger partial charge in [-0.05, 0) is 42.8 Å². The van der Waals surface area contributed by atoms with Gasteiger partial charge in [0.2, 0.25) is 0 Å². The molecule has 0 saturated carbocycles. The van der Waals surface area contributed by atoms with E-state index < -0.39 is 11.6 Å². The van der Waals surface area contributed by atoms with Gasteiger partial charge in [0.1, 0.15) is 5.60 Å². The fourth-order valence-electron chi connectivity index (χ4n) is 0.929. The lowest BCUT2D eigenvalue weighted by Gasteiger charge is -2.19. The Kier molecular flexibility index (Phi) is 3.34. The van der Waals surface area contributed by atoms with E-state index in [0.29, 0.717) is 10.2 Å². The maximum atomic E-state index is 11.6. The second-order valence-electron chi connectivity index (χ2n) is 4.10. The SMILES string of the molecule is CC(C)(C)OC(=O)c1ncc(N)cc1Br. The van der Waals surface area contributed by atoms with Crippen molar-refractivity contribution in [2.75, 3.05) is 5.73 Å².